The molecule has 0 radical (unpaired) electrons. The summed E-state index contributed by atoms with van der Waals surface area (Å²) in [4.78, 5) is 19.2. The molecule has 0 aliphatic heterocycles. The van der Waals surface area contributed by atoms with E-state index in [-0.39, 0.29) is 35.3 Å². The number of allylic oxidation sites excluding steroid dienone is 2. The Bertz CT molecular complexity index is 1550. The summed E-state index contributed by atoms with van der Waals surface area (Å²) in [6.45, 7) is 6.40. The SMILES string of the molecule is C=C/C=C\n1c(N)nc([C@@H](C)N(CCS(=O)(=O)CC)C(=O)Cc2ccc(F)c(C(F)(F)F)c2)c1-c1ccc(O)cc1. The Hall–Kier alpha value is -4.13. The molecular weight excluding hydrogens is 564 g/mol. The highest BCUT2D eigenvalue weighted by atomic mass is 32.2. The van der Waals surface area contributed by atoms with Crippen molar-refractivity contribution in [2.45, 2.75) is 32.5 Å². The van der Waals surface area contributed by atoms with Gasteiger partial charge < -0.3 is 15.7 Å². The minimum atomic E-state index is -4.96. The van der Waals surface area contributed by atoms with E-state index in [1.807, 2.05) is 0 Å². The molecule has 13 heteroatoms. The number of hydrogen-bond donors (Lipinski definition) is 2. The van der Waals surface area contributed by atoms with Crippen molar-refractivity contribution in [3.8, 4) is 17.0 Å². The highest BCUT2D eigenvalue weighted by molar-refractivity contribution is 7.91. The summed E-state index contributed by atoms with van der Waals surface area (Å²) in [7, 11) is -3.54. The maximum atomic E-state index is 13.8. The van der Waals surface area contributed by atoms with Crippen LogP contribution in [0.4, 0.5) is 23.5 Å². The number of phenolic OH excluding ortho intramolecular Hbond substituents is 1. The number of halogens is 4. The standard InChI is InChI=1S/C28H30F4N4O4S/c1-4-6-13-36-26(20-8-10-21(37)11-9-20)25(34-27(36)33)18(3)35(14-15-41(39,40)5-2)24(38)17-19-7-12-23(29)22(16-19)28(30,31)32/h4,6-13,16,18,37H,1,5,14-15,17H2,2-3H3,(H2,33,34)/b13-6-/t18-/m1/s1. The van der Waals surface area contributed by atoms with Gasteiger partial charge in [-0.3, -0.25) is 9.36 Å². The number of carbonyl (C=O) groups is 1. The van der Waals surface area contributed by atoms with Crippen molar-refractivity contribution < 1.29 is 35.9 Å². The van der Waals surface area contributed by atoms with Gasteiger partial charge in [-0.15, -0.1) is 0 Å². The fourth-order valence-electron chi connectivity index (χ4n) is 4.20. The number of rotatable bonds is 11. The second kappa shape index (κ2) is 12.6. The van der Waals surface area contributed by atoms with E-state index in [2.05, 4.69) is 11.6 Å². The molecule has 0 saturated carbocycles. The van der Waals surface area contributed by atoms with Gasteiger partial charge >= 0.3 is 6.18 Å². The van der Waals surface area contributed by atoms with Crippen molar-refractivity contribution >= 4 is 27.9 Å². The van der Waals surface area contributed by atoms with E-state index in [0.29, 0.717) is 23.4 Å². The maximum absolute atomic E-state index is 13.8. The number of amides is 1. The second-order valence-corrected chi connectivity index (χ2v) is 11.7. The lowest BCUT2D eigenvalue weighted by molar-refractivity contribution is -0.140. The van der Waals surface area contributed by atoms with Crippen LogP contribution >= 0.6 is 0 Å². The summed E-state index contributed by atoms with van der Waals surface area (Å²) in [5.41, 5.74) is 5.86. The molecule has 1 aromatic heterocycles. The molecule has 1 atom stereocenters. The Kier molecular flexibility index (Phi) is 9.64. The first-order valence-electron chi connectivity index (χ1n) is 12.5. The molecule has 1 amide bonds. The number of phenols is 1. The van der Waals surface area contributed by atoms with Crippen LogP contribution in [0.5, 0.6) is 5.75 Å². The predicted octanol–water partition coefficient (Wildman–Crippen LogP) is 5.22. The molecule has 0 fully saturated rings. The minimum Gasteiger partial charge on any atom is -0.508 e. The molecule has 220 valence electrons. The zero-order valence-electron chi connectivity index (χ0n) is 22.4. The van der Waals surface area contributed by atoms with Crippen LogP contribution in [0.25, 0.3) is 17.5 Å². The number of benzene rings is 2. The van der Waals surface area contributed by atoms with Crippen LogP contribution in [0.15, 0.2) is 61.2 Å². The van der Waals surface area contributed by atoms with E-state index in [1.165, 1.54) is 34.6 Å². The first-order chi connectivity index (χ1) is 19.2. The normalized spacial score (nSPS) is 12.9. The van der Waals surface area contributed by atoms with Crippen LogP contribution in [0, 0.1) is 5.82 Å². The number of carbonyl (C=O) groups excluding carboxylic acids is 1. The number of nitrogens with two attached hydrogens (primary N) is 1. The number of nitrogen functional groups attached to an aromatic ring is 1. The molecule has 3 aromatic rings. The third kappa shape index (κ3) is 7.54. The van der Waals surface area contributed by atoms with E-state index in [1.54, 1.807) is 31.3 Å². The van der Waals surface area contributed by atoms with E-state index >= 15 is 0 Å². The number of nitrogens with zero attached hydrogens (tertiary/aromatic N) is 3. The monoisotopic (exact) mass is 594 g/mol. The molecule has 0 aliphatic carbocycles. The van der Waals surface area contributed by atoms with E-state index in [4.69, 9.17) is 5.73 Å². The third-order valence-corrected chi connectivity index (χ3v) is 8.12. The highest BCUT2D eigenvalue weighted by Gasteiger charge is 2.35. The highest BCUT2D eigenvalue weighted by Crippen LogP contribution is 2.35. The maximum Gasteiger partial charge on any atom is 0.419 e. The third-order valence-electron chi connectivity index (χ3n) is 6.44. The molecule has 0 spiro atoms. The summed E-state index contributed by atoms with van der Waals surface area (Å²) in [5.74, 6) is -2.71. The molecule has 0 aliphatic rings. The molecular formula is C28H30F4N4O4S. The Balaban J connectivity index is 2.11. The van der Waals surface area contributed by atoms with Gasteiger partial charge in [-0.1, -0.05) is 25.6 Å². The van der Waals surface area contributed by atoms with Gasteiger partial charge in [0, 0.05) is 24.1 Å². The van der Waals surface area contributed by atoms with Crippen LogP contribution < -0.4 is 5.73 Å². The van der Waals surface area contributed by atoms with Crippen molar-refractivity contribution in [2.75, 3.05) is 23.8 Å². The van der Waals surface area contributed by atoms with Gasteiger partial charge in [-0.2, -0.15) is 13.2 Å². The number of imidazole rings is 1. The molecule has 0 bridgehead atoms. The Morgan fingerprint density at radius 3 is 2.46 bits per heavy atom. The Labute approximate surface area is 235 Å². The van der Waals surface area contributed by atoms with Crippen molar-refractivity contribution in [3.05, 3.63) is 83.8 Å². The zero-order chi connectivity index (χ0) is 30.5. The summed E-state index contributed by atoms with van der Waals surface area (Å²) in [5, 5.41) is 9.78. The fraction of sp³-hybridized carbons (Fsp3) is 0.286. The number of hydrogen-bond acceptors (Lipinski definition) is 6. The van der Waals surface area contributed by atoms with Crippen molar-refractivity contribution in [2.24, 2.45) is 0 Å². The molecule has 0 saturated heterocycles. The lowest BCUT2D eigenvalue weighted by Crippen LogP contribution is -2.38. The van der Waals surface area contributed by atoms with Gasteiger partial charge in [-0.05, 0) is 55.0 Å². The van der Waals surface area contributed by atoms with Crippen molar-refractivity contribution in [3.63, 3.8) is 0 Å². The van der Waals surface area contributed by atoms with Gasteiger partial charge in [0.2, 0.25) is 11.9 Å². The van der Waals surface area contributed by atoms with Crippen molar-refractivity contribution in [1.29, 1.82) is 0 Å². The molecule has 3 rings (SSSR count). The topological polar surface area (TPSA) is 119 Å². The van der Waals surface area contributed by atoms with Crippen LogP contribution in [0.1, 0.15) is 36.7 Å². The number of sulfone groups is 1. The van der Waals surface area contributed by atoms with Crippen LogP contribution in [0.3, 0.4) is 0 Å². The predicted molar refractivity (Wildman–Crippen MR) is 149 cm³/mol. The first kappa shape index (κ1) is 31.4. The molecule has 2 aromatic carbocycles. The lowest BCUT2D eigenvalue weighted by atomic mass is 10.0. The first-order valence-corrected chi connectivity index (χ1v) is 14.3. The quantitative estimate of drug-likeness (QED) is 0.232. The Morgan fingerprint density at radius 1 is 1.22 bits per heavy atom. The van der Waals surface area contributed by atoms with Crippen LogP contribution in [0.2, 0.25) is 0 Å². The number of anilines is 1. The van der Waals surface area contributed by atoms with Gasteiger partial charge in [0.25, 0.3) is 0 Å². The molecule has 8 nitrogen and oxygen atoms in total. The molecule has 41 heavy (non-hydrogen) atoms. The smallest absolute Gasteiger partial charge is 0.419 e. The summed E-state index contributed by atoms with van der Waals surface area (Å²) < 4.78 is 79.9. The fourth-order valence-corrected chi connectivity index (χ4v) is 4.97. The van der Waals surface area contributed by atoms with Crippen LogP contribution in [-0.4, -0.2) is 51.9 Å². The Morgan fingerprint density at radius 2 is 1.88 bits per heavy atom. The van der Waals surface area contributed by atoms with E-state index in [9.17, 15) is 35.9 Å². The summed E-state index contributed by atoms with van der Waals surface area (Å²) >= 11 is 0. The number of alkyl halides is 3. The molecule has 3 N–H and O–H groups in total. The number of aromatic nitrogens is 2. The summed E-state index contributed by atoms with van der Waals surface area (Å²) in [6, 6.07) is 7.46. The van der Waals surface area contributed by atoms with E-state index < -0.39 is 51.5 Å². The minimum absolute atomic E-state index is 0.00289. The van der Waals surface area contributed by atoms with Crippen molar-refractivity contribution in [1.82, 2.24) is 14.5 Å². The van der Waals surface area contributed by atoms with Gasteiger partial charge in [0.15, 0.2) is 9.84 Å². The summed E-state index contributed by atoms with van der Waals surface area (Å²) in [6.07, 6.45) is -0.834. The van der Waals surface area contributed by atoms with E-state index in [0.717, 1.165) is 6.07 Å². The van der Waals surface area contributed by atoms with Gasteiger partial charge in [0.05, 0.1) is 35.2 Å². The molecule has 0 unspecified atom stereocenters. The average Bonchev–Trinajstić information content (AvgIpc) is 3.24. The second-order valence-electron chi connectivity index (χ2n) is 9.19. The van der Waals surface area contributed by atoms with Gasteiger partial charge in [-0.25, -0.2) is 17.8 Å². The number of aromatic hydroxyl groups is 1. The zero-order valence-corrected chi connectivity index (χ0v) is 23.2. The van der Waals surface area contributed by atoms with Crippen LogP contribution in [-0.2, 0) is 27.2 Å². The average molecular weight is 595 g/mol. The molecule has 1 heterocycles. The van der Waals surface area contributed by atoms with Gasteiger partial charge in [0.1, 0.15) is 11.6 Å². The largest absolute Gasteiger partial charge is 0.508 e. The lowest BCUT2D eigenvalue weighted by Gasteiger charge is -2.29.